The van der Waals surface area contributed by atoms with E-state index in [1.54, 1.807) is 6.92 Å². The highest BCUT2D eigenvalue weighted by Gasteiger charge is 2.34. The fourth-order valence-electron chi connectivity index (χ4n) is 2.27. The van der Waals surface area contributed by atoms with Crippen LogP contribution >= 0.6 is 22.6 Å². The number of carboxylic acid groups (broad SMARTS) is 1. The van der Waals surface area contributed by atoms with Gasteiger partial charge in [0.2, 0.25) is 0 Å². The predicted molar refractivity (Wildman–Crippen MR) is 87.8 cm³/mol. The molecule has 1 aromatic carbocycles. The lowest BCUT2D eigenvalue weighted by Gasteiger charge is -2.17. The number of benzene rings is 1. The van der Waals surface area contributed by atoms with E-state index < -0.39 is 17.7 Å². The molecule has 0 amide bonds. The molecule has 124 valence electrons. The second-order valence-electron chi connectivity index (χ2n) is 5.03. The first-order valence-corrected chi connectivity index (χ1v) is 8.33. The lowest BCUT2D eigenvalue weighted by atomic mass is 10.0. The lowest BCUT2D eigenvalue weighted by Crippen LogP contribution is -2.13. The minimum Gasteiger partial charge on any atom is -0.476 e. The van der Waals surface area contributed by atoms with Crippen LogP contribution in [0.2, 0.25) is 0 Å². The summed E-state index contributed by atoms with van der Waals surface area (Å²) in [6, 6.07) is 6.09. The number of hydrogen-bond acceptors (Lipinski definition) is 2. The van der Waals surface area contributed by atoms with E-state index in [0.29, 0.717) is 6.42 Å². The molecule has 0 saturated heterocycles. The Hall–Kier alpha value is -1.58. The zero-order valence-electron chi connectivity index (χ0n) is 12.1. The summed E-state index contributed by atoms with van der Waals surface area (Å²) in [6.45, 7) is 1.80. The minimum atomic E-state index is -4.53. The first kappa shape index (κ1) is 17.8. The maximum Gasteiger partial charge on any atom is 0.417 e. The largest absolute Gasteiger partial charge is 0.476 e. The Morgan fingerprint density at radius 2 is 2.04 bits per heavy atom. The van der Waals surface area contributed by atoms with Crippen LogP contribution in [0.3, 0.4) is 0 Å². The van der Waals surface area contributed by atoms with Crippen molar-refractivity contribution in [1.29, 1.82) is 0 Å². The predicted octanol–water partition coefficient (Wildman–Crippen LogP) is 4.65. The Kier molecular flexibility index (Phi) is 5.33. The van der Waals surface area contributed by atoms with E-state index in [-0.39, 0.29) is 23.0 Å². The van der Waals surface area contributed by atoms with Gasteiger partial charge in [0, 0.05) is 9.99 Å². The summed E-state index contributed by atoms with van der Waals surface area (Å²) in [6.07, 6.45) is -3.86. The van der Waals surface area contributed by atoms with E-state index in [1.807, 2.05) is 0 Å². The van der Waals surface area contributed by atoms with E-state index in [1.165, 1.54) is 28.9 Å². The molecule has 4 nitrogen and oxygen atoms in total. The Labute approximate surface area is 144 Å². The van der Waals surface area contributed by atoms with Gasteiger partial charge in [-0.25, -0.2) is 4.79 Å². The molecule has 0 saturated carbocycles. The van der Waals surface area contributed by atoms with Crippen molar-refractivity contribution in [2.24, 2.45) is 0 Å². The van der Waals surface area contributed by atoms with Crippen molar-refractivity contribution in [3.8, 4) is 11.3 Å². The van der Waals surface area contributed by atoms with E-state index in [9.17, 15) is 18.0 Å². The second-order valence-corrected chi connectivity index (χ2v) is 6.11. The van der Waals surface area contributed by atoms with E-state index in [0.717, 1.165) is 10.5 Å². The first-order valence-electron chi connectivity index (χ1n) is 6.81. The summed E-state index contributed by atoms with van der Waals surface area (Å²) in [7, 11) is 0. The fraction of sp³-hybridized carbons (Fsp3) is 0.333. The van der Waals surface area contributed by atoms with Crippen LogP contribution in [0.15, 0.2) is 30.3 Å². The minimum absolute atomic E-state index is 0.0692. The molecule has 0 spiro atoms. The number of aromatic nitrogens is 2. The van der Waals surface area contributed by atoms with Crippen molar-refractivity contribution >= 4 is 28.6 Å². The molecule has 1 heterocycles. The van der Waals surface area contributed by atoms with Gasteiger partial charge in [0.1, 0.15) is 0 Å². The third kappa shape index (κ3) is 3.85. The number of alkyl halides is 4. The SMILES string of the molecule is CC(CCI)n1nc(C(=O)O)cc1-c1ccccc1C(F)(F)F. The molecule has 8 heteroatoms. The first-order chi connectivity index (χ1) is 10.8. The van der Waals surface area contributed by atoms with Crippen LogP contribution < -0.4 is 0 Å². The molecule has 0 bridgehead atoms. The summed E-state index contributed by atoms with van der Waals surface area (Å²) in [5.74, 6) is -1.27. The summed E-state index contributed by atoms with van der Waals surface area (Å²) < 4.78 is 41.8. The van der Waals surface area contributed by atoms with E-state index >= 15 is 0 Å². The molecule has 2 rings (SSSR count). The number of carboxylic acids is 1. The molecule has 0 fully saturated rings. The van der Waals surface area contributed by atoms with Gasteiger partial charge in [-0.05, 0) is 25.5 Å². The summed E-state index contributed by atoms with van der Waals surface area (Å²) >= 11 is 2.16. The van der Waals surface area contributed by atoms with Gasteiger partial charge in [-0.2, -0.15) is 18.3 Å². The van der Waals surface area contributed by atoms with Gasteiger partial charge in [0.25, 0.3) is 0 Å². The molecule has 1 N–H and O–H groups in total. The lowest BCUT2D eigenvalue weighted by molar-refractivity contribution is -0.137. The highest BCUT2D eigenvalue weighted by Crippen LogP contribution is 2.38. The van der Waals surface area contributed by atoms with E-state index in [2.05, 4.69) is 27.7 Å². The zero-order chi connectivity index (χ0) is 17.2. The number of nitrogens with zero attached hydrogens (tertiary/aromatic N) is 2. The molecular weight excluding hydrogens is 424 g/mol. The van der Waals surface area contributed by atoms with Crippen LogP contribution in [0.1, 0.15) is 35.4 Å². The molecule has 0 aliphatic carbocycles. The summed E-state index contributed by atoms with van der Waals surface area (Å²) in [5.41, 5.74) is -0.981. The van der Waals surface area contributed by atoms with Gasteiger partial charge in [-0.3, -0.25) is 4.68 Å². The van der Waals surface area contributed by atoms with Crippen molar-refractivity contribution in [3.05, 3.63) is 41.6 Å². The molecule has 0 aliphatic heterocycles. The van der Waals surface area contributed by atoms with Crippen LogP contribution in [0.4, 0.5) is 13.2 Å². The standard InChI is InChI=1S/C15H14F3IN2O2/c1-9(6-7-19)21-13(8-12(20-21)14(22)23)10-4-2-3-5-11(10)15(16,17)18/h2-5,8-9H,6-7H2,1H3,(H,22,23). The third-order valence-electron chi connectivity index (χ3n) is 3.41. The van der Waals surface area contributed by atoms with Crippen LogP contribution in [-0.2, 0) is 6.18 Å². The van der Waals surface area contributed by atoms with Crippen LogP contribution in [0.25, 0.3) is 11.3 Å². The van der Waals surface area contributed by atoms with Crippen molar-refractivity contribution < 1.29 is 23.1 Å². The average Bonchev–Trinajstić information content (AvgIpc) is 2.92. The van der Waals surface area contributed by atoms with Gasteiger partial charge in [-0.1, -0.05) is 40.8 Å². The van der Waals surface area contributed by atoms with Gasteiger partial charge < -0.3 is 5.11 Å². The van der Waals surface area contributed by atoms with Gasteiger partial charge in [0.05, 0.1) is 17.3 Å². The number of carbonyl (C=O) groups is 1. The number of aromatic carboxylic acids is 1. The van der Waals surface area contributed by atoms with Crippen molar-refractivity contribution in [1.82, 2.24) is 9.78 Å². The molecule has 1 unspecified atom stereocenters. The fourth-order valence-corrected chi connectivity index (χ4v) is 3.17. The molecule has 23 heavy (non-hydrogen) atoms. The molecule has 0 radical (unpaired) electrons. The number of rotatable bonds is 5. The average molecular weight is 438 g/mol. The van der Waals surface area contributed by atoms with Gasteiger partial charge >= 0.3 is 12.1 Å². The maximum absolute atomic E-state index is 13.2. The Balaban J connectivity index is 2.66. The Bertz CT molecular complexity index is 713. The van der Waals surface area contributed by atoms with Crippen molar-refractivity contribution in [2.45, 2.75) is 25.6 Å². The summed E-state index contributed by atoms with van der Waals surface area (Å²) in [4.78, 5) is 11.2. The van der Waals surface area contributed by atoms with Crippen LogP contribution in [0, 0.1) is 0 Å². The van der Waals surface area contributed by atoms with Crippen LogP contribution in [-0.4, -0.2) is 25.3 Å². The van der Waals surface area contributed by atoms with Crippen molar-refractivity contribution in [3.63, 3.8) is 0 Å². The number of halogens is 4. The van der Waals surface area contributed by atoms with Gasteiger partial charge in [0.15, 0.2) is 5.69 Å². The third-order valence-corrected chi connectivity index (χ3v) is 4.03. The molecule has 2 aromatic rings. The number of hydrogen-bond donors (Lipinski definition) is 1. The molecule has 1 aromatic heterocycles. The highest BCUT2D eigenvalue weighted by molar-refractivity contribution is 14.1. The molecule has 0 aliphatic rings. The summed E-state index contributed by atoms with van der Waals surface area (Å²) in [5, 5.41) is 13.1. The Morgan fingerprint density at radius 3 is 2.61 bits per heavy atom. The van der Waals surface area contributed by atoms with E-state index in [4.69, 9.17) is 5.11 Å². The van der Waals surface area contributed by atoms with Gasteiger partial charge in [-0.15, -0.1) is 0 Å². The molecular formula is C15H14F3IN2O2. The maximum atomic E-state index is 13.2. The highest BCUT2D eigenvalue weighted by atomic mass is 127. The smallest absolute Gasteiger partial charge is 0.417 e. The van der Waals surface area contributed by atoms with Crippen molar-refractivity contribution in [2.75, 3.05) is 4.43 Å². The normalized spacial score (nSPS) is 13.1. The Morgan fingerprint density at radius 1 is 1.39 bits per heavy atom. The zero-order valence-corrected chi connectivity index (χ0v) is 14.3. The second kappa shape index (κ2) is 6.90. The molecule has 1 atom stereocenters. The topological polar surface area (TPSA) is 55.1 Å². The van der Waals surface area contributed by atoms with Crippen LogP contribution in [0.5, 0.6) is 0 Å². The quantitative estimate of drug-likeness (QED) is 0.546. The monoisotopic (exact) mass is 438 g/mol.